The van der Waals surface area contributed by atoms with Crippen molar-refractivity contribution < 1.29 is 27.9 Å². The molecule has 0 aliphatic carbocycles. The Morgan fingerprint density at radius 2 is 1.97 bits per heavy atom. The monoisotopic (exact) mass is 480 g/mol. The molecule has 9 heteroatoms. The van der Waals surface area contributed by atoms with Gasteiger partial charge >= 0.3 is 5.97 Å². The van der Waals surface area contributed by atoms with Gasteiger partial charge in [-0.15, -0.1) is 11.3 Å². The predicted molar refractivity (Wildman–Crippen MR) is 127 cm³/mol. The summed E-state index contributed by atoms with van der Waals surface area (Å²) in [6.45, 7) is 5.85. The topological polar surface area (TPSA) is 96.8 Å². The van der Waals surface area contributed by atoms with Gasteiger partial charge in [0.15, 0.2) is 11.5 Å². The zero-order valence-electron chi connectivity index (χ0n) is 19.3. The maximum Gasteiger partial charge on any atom is 0.331 e. The number of carbonyl (C=O) groups is 1. The number of thiophene rings is 1. The Balaban J connectivity index is 1.35. The molecule has 4 aromatic rings. The number of benzene rings is 1. The minimum atomic E-state index is -0.488. The van der Waals surface area contributed by atoms with Crippen LogP contribution in [0.3, 0.4) is 0 Å². The van der Waals surface area contributed by atoms with E-state index in [1.54, 1.807) is 32.2 Å². The van der Waals surface area contributed by atoms with Crippen molar-refractivity contribution in [2.75, 3.05) is 7.11 Å². The molecule has 176 valence electrons. The number of rotatable bonds is 9. The molecule has 0 fully saturated rings. The fourth-order valence-corrected chi connectivity index (χ4v) is 3.83. The summed E-state index contributed by atoms with van der Waals surface area (Å²) in [6, 6.07) is 9.24. The number of oxazole rings is 1. The Bertz CT molecular complexity index is 1280. The highest BCUT2D eigenvalue weighted by Crippen LogP contribution is 2.30. The number of esters is 1. The Morgan fingerprint density at radius 1 is 1.12 bits per heavy atom. The molecule has 0 bridgehead atoms. The summed E-state index contributed by atoms with van der Waals surface area (Å²) >= 11 is 1.53. The van der Waals surface area contributed by atoms with Crippen LogP contribution in [0.25, 0.3) is 16.8 Å². The molecule has 34 heavy (non-hydrogen) atoms. The van der Waals surface area contributed by atoms with Crippen LogP contribution >= 0.6 is 11.3 Å². The fraction of sp³-hybridized carbons (Fsp3) is 0.240. The summed E-state index contributed by atoms with van der Waals surface area (Å²) in [5.41, 5.74) is 3.04. The molecule has 0 aliphatic rings. The molecular weight excluding hydrogens is 456 g/mol. The average molecular weight is 481 g/mol. The normalized spacial score (nSPS) is 11.2. The third-order valence-electron chi connectivity index (χ3n) is 5.13. The first-order chi connectivity index (χ1) is 16.4. The highest BCUT2D eigenvalue weighted by atomic mass is 32.1. The van der Waals surface area contributed by atoms with E-state index in [9.17, 15) is 4.79 Å². The fourth-order valence-electron chi connectivity index (χ4n) is 3.18. The van der Waals surface area contributed by atoms with Crippen LogP contribution in [0.4, 0.5) is 0 Å². The first-order valence-corrected chi connectivity index (χ1v) is 11.4. The zero-order valence-corrected chi connectivity index (χ0v) is 20.1. The van der Waals surface area contributed by atoms with E-state index in [0.717, 1.165) is 27.5 Å². The Labute approximate surface area is 200 Å². The van der Waals surface area contributed by atoms with Crippen molar-refractivity contribution in [3.63, 3.8) is 0 Å². The van der Waals surface area contributed by atoms with E-state index in [4.69, 9.17) is 23.2 Å². The zero-order chi connectivity index (χ0) is 24.1. The first-order valence-electron chi connectivity index (χ1n) is 10.5. The largest absolute Gasteiger partial charge is 0.493 e. The lowest BCUT2D eigenvalue weighted by Gasteiger charge is -2.11. The van der Waals surface area contributed by atoms with E-state index >= 15 is 0 Å². The van der Waals surface area contributed by atoms with Crippen LogP contribution in [-0.4, -0.2) is 23.2 Å². The molecule has 0 saturated heterocycles. The van der Waals surface area contributed by atoms with Crippen molar-refractivity contribution >= 4 is 23.4 Å². The summed E-state index contributed by atoms with van der Waals surface area (Å²) < 4.78 is 27.5. The summed E-state index contributed by atoms with van der Waals surface area (Å²) in [5, 5.41) is 5.88. The molecule has 0 unspecified atom stereocenters. The molecule has 0 amide bonds. The van der Waals surface area contributed by atoms with Gasteiger partial charge in [0.05, 0.1) is 23.2 Å². The Hall–Kier alpha value is -3.85. The van der Waals surface area contributed by atoms with Crippen molar-refractivity contribution in [2.24, 2.45) is 0 Å². The van der Waals surface area contributed by atoms with Gasteiger partial charge in [-0.2, -0.15) is 0 Å². The molecule has 1 aromatic carbocycles. The van der Waals surface area contributed by atoms with Gasteiger partial charge in [0.2, 0.25) is 5.89 Å². The number of nitrogens with zero attached hydrogens (tertiary/aromatic N) is 2. The number of aryl methyl sites for hydroxylation is 3. The molecule has 0 aliphatic heterocycles. The van der Waals surface area contributed by atoms with Crippen LogP contribution in [0.5, 0.6) is 11.5 Å². The summed E-state index contributed by atoms with van der Waals surface area (Å²) in [4.78, 5) is 17.6. The summed E-state index contributed by atoms with van der Waals surface area (Å²) in [7, 11) is 1.56. The molecule has 0 atom stereocenters. The standard InChI is InChI=1S/C25H24N2O6S/c1-15-19(16(2)33-27-15)13-30-21-9-7-18(12-22(21)29-4)8-10-24(28)31-14-20-17(3)32-25(26-20)23-6-5-11-34-23/h5-12H,13-14H2,1-4H3/b10-8+. The molecule has 3 aromatic heterocycles. The van der Waals surface area contributed by atoms with Gasteiger partial charge in [0.25, 0.3) is 0 Å². The van der Waals surface area contributed by atoms with Gasteiger partial charge in [0, 0.05) is 6.08 Å². The molecule has 4 rings (SSSR count). The van der Waals surface area contributed by atoms with Crippen LogP contribution in [0.15, 0.2) is 50.7 Å². The van der Waals surface area contributed by atoms with E-state index in [1.807, 2.05) is 37.4 Å². The molecule has 3 heterocycles. The van der Waals surface area contributed by atoms with Crippen LogP contribution in [0.1, 0.15) is 34.0 Å². The molecule has 0 N–H and O–H groups in total. The molecule has 0 radical (unpaired) electrons. The molecule has 0 saturated carbocycles. The smallest absolute Gasteiger partial charge is 0.331 e. The van der Waals surface area contributed by atoms with E-state index in [-0.39, 0.29) is 6.61 Å². The van der Waals surface area contributed by atoms with Gasteiger partial charge in [-0.3, -0.25) is 0 Å². The van der Waals surface area contributed by atoms with Crippen LogP contribution in [-0.2, 0) is 22.7 Å². The summed E-state index contributed by atoms with van der Waals surface area (Å²) in [6.07, 6.45) is 3.00. The van der Waals surface area contributed by atoms with Crippen LogP contribution < -0.4 is 9.47 Å². The third kappa shape index (κ3) is 5.37. The van der Waals surface area contributed by atoms with Crippen molar-refractivity contribution in [3.05, 3.63) is 75.8 Å². The summed E-state index contributed by atoms with van der Waals surface area (Å²) in [5.74, 6) is 2.50. The third-order valence-corrected chi connectivity index (χ3v) is 5.99. The van der Waals surface area contributed by atoms with Crippen molar-refractivity contribution in [1.29, 1.82) is 0 Å². The number of aromatic nitrogens is 2. The lowest BCUT2D eigenvalue weighted by Crippen LogP contribution is -2.02. The van der Waals surface area contributed by atoms with Crippen molar-refractivity contribution in [1.82, 2.24) is 10.1 Å². The lowest BCUT2D eigenvalue weighted by molar-refractivity contribution is -0.139. The lowest BCUT2D eigenvalue weighted by atomic mass is 10.2. The molecule has 0 spiro atoms. The van der Waals surface area contributed by atoms with Gasteiger partial charge in [-0.25, -0.2) is 9.78 Å². The SMILES string of the molecule is COc1cc(/C=C/C(=O)OCc2nc(-c3cccs3)oc2C)ccc1OCc1c(C)noc1C. The number of hydrogen-bond donors (Lipinski definition) is 0. The van der Waals surface area contributed by atoms with E-state index < -0.39 is 5.97 Å². The highest BCUT2D eigenvalue weighted by Gasteiger charge is 2.14. The number of hydrogen-bond acceptors (Lipinski definition) is 9. The van der Waals surface area contributed by atoms with Crippen LogP contribution in [0, 0.1) is 20.8 Å². The van der Waals surface area contributed by atoms with Crippen molar-refractivity contribution in [2.45, 2.75) is 34.0 Å². The maximum atomic E-state index is 12.2. The second kappa shape index (κ2) is 10.4. The van der Waals surface area contributed by atoms with Crippen LogP contribution in [0.2, 0.25) is 0 Å². The van der Waals surface area contributed by atoms with Gasteiger partial charge in [-0.1, -0.05) is 17.3 Å². The second-order valence-corrected chi connectivity index (χ2v) is 8.39. The van der Waals surface area contributed by atoms with Gasteiger partial charge in [0.1, 0.15) is 30.4 Å². The quantitative estimate of drug-likeness (QED) is 0.224. The Kier molecular flexibility index (Phi) is 7.12. The number of carbonyl (C=O) groups excluding carboxylic acids is 1. The van der Waals surface area contributed by atoms with Crippen molar-refractivity contribution in [3.8, 4) is 22.3 Å². The second-order valence-electron chi connectivity index (χ2n) is 7.44. The van der Waals surface area contributed by atoms with Gasteiger partial charge in [-0.05, 0) is 56.0 Å². The molecule has 8 nitrogen and oxygen atoms in total. The predicted octanol–water partition coefficient (Wildman–Crippen LogP) is 5.66. The minimum absolute atomic E-state index is 0.0294. The van der Waals surface area contributed by atoms with Gasteiger partial charge < -0.3 is 23.2 Å². The highest BCUT2D eigenvalue weighted by molar-refractivity contribution is 7.13. The Morgan fingerprint density at radius 3 is 2.68 bits per heavy atom. The maximum absolute atomic E-state index is 12.2. The first kappa shape index (κ1) is 23.3. The molecular formula is C25H24N2O6S. The number of ether oxygens (including phenoxy) is 3. The van der Waals surface area contributed by atoms with E-state index in [0.29, 0.717) is 35.5 Å². The minimum Gasteiger partial charge on any atom is -0.493 e. The van der Waals surface area contributed by atoms with E-state index in [1.165, 1.54) is 17.4 Å². The average Bonchev–Trinajstić information content (AvgIpc) is 3.57. The van der Waals surface area contributed by atoms with E-state index in [2.05, 4.69) is 10.1 Å². The number of methoxy groups -OCH3 is 1.